The van der Waals surface area contributed by atoms with E-state index in [1.807, 2.05) is 20.9 Å². The maximum atomic E-state index is 5.61. The average molecular weight is 490 g/mol. The number of hydrogen-bond donors (Lipinski definition) is 2. The van der Waals surface area contributed by atoms with Crippen molar-refractivity contribution in [3.63, 3.8) is 0 Å². The number of rotatable bonds is 5. The van der Waals surface area contributed by atoms with Gasteiger partial charge in [0.1, 0.15) is 11.5 Å². The van der Waals surface area contributed by atoms with Crippen molar-refractivity contribution >= 4 is 29.9 Å². The number of hydrogen-bond acceptors (Lipinski definition) is 4. The standard InChI is InChI=1S/C20H34N4O2.HI/c1-16-13-18(17(2)26-16)14-22-19(21-3)23-15-20(7-5-4-6-8-20)24-9-11-25-12-10-24;/h13H,4-12,14-15H2,1-3H3,(H2,21,22,23);1H. The Morgan fingerprint density at radius 1 is 1.15 bits per heavy atom. The highest BCUT2D eigenvalue weighted by Crippen LogP contribution is 2.33. The number of nitrogens with one attached hydrogen (secondary N) is 2. The number of ether oxygens (including phenoxy) is 1. The molecular formula is C20H35IN4O2. The van der Waals surface area contributed by atoms with Gasteiger partial charge in [0, 0.05) is 44.3 Å². The summed E-state index contributed by atoms with van der Waals surface area (Å²) >= 11 is 0. The van der Waals surface area contributed by atoms with Crippen LogP contribution in [0.2, 0.25) is 0 Å². The Morgan fingerprint density at radius 3 is 2.44 bits per heavy atom. The van der Waals surface area contributed by atoms with Crippen molar-refractivity contribution in [2.45, 2.75) is 58.0 Å². The first-order chi connectivity index (χ1) is 12.6. The van der Waals surface area contributed by atoms with Gasteiger partial charge < -0.3 is 19.8 Å². The third-order valence-electron chi connectivity index (χ3n) is 5.86. The van der Waals surface area contributed by atoms with Crippen LogP contribution in [0.25, 0.3) is 0 Å². The van der Waals surface area contributed by atoms with E-state index in [2.05, 4.69) is 26.6 Å². The summed E-state index contributed by atoms with van der Waals surface area (Å²) in [6.45, 7) is 9.46. The van der Waals surface area contributed by atoms with Crippen molar-refractivity contribution in [2.75, 3.05) is 39.9 Å². The summed E-state index contributed by atoms with van der Waals surface area (Å²) in [4.78, 5) is 7.07. The second-order valence-corrected chi connectivity index (χ2v) is 7.60. The number of nitrogens with zero attached hydrogens (tertiary/aromatic N) is 2. The lowest BCUT2D eigenvalue weighted by Gasteiger charge is -2.48. The minimum absolute atomic E-state index is 0. The Morgan fingerprint density at radius 2 is 1.85 bits per heavy atom. The van der Waals surface area contributed by atoms with Crippen molar-refractivity contribution in [1.82, 2.24) is 15.5 Å². The smallest absolute Gasteiger partial charge is 0.191 e. The normalized spacial score (nSPS) is 20.8. The van der Waals surface area contributed by atoms with Crippen LogP contribution in [0.4, 0.5) is 0 Å². The van der Waals surface area contributed by atoms with Gasteiger partial charge in [0.2, 0.25) is 0 Å². The zero-order valence-electron chi connectivity index (χ0n) is 17.0. The largest absolute Gasteiger partial charge is 0.466 e. The molecule has 2 N–H and O–H groups in total. The van der Waals surface area contributed by atoms with Gasteiger partial charge in [-0.2, -0.15) is 0 Å². The predicted molar refractivity (Wildman–Crippen MR) is 120 cm³/mol. The summed E-state index contributed by atoms with van der Waals surface area (Å²) in [5, 5.41) is 7.03. The predicted octanol–water partition coefficient (Wildman–Crippen LogP) is 3.21. The van der Waals surface area contributed by atoms with Gasteiger partial charge >= 0.3 is 0 Å². The van der Waals surface area contributed by atoms with E-state index in [1.165, 1.54) is 37.7 Å². The first-order valence-corrected chi connectivity index (χ1v) is 9.96. The fourth-order valence-electron chi connectivity index (χ4n) is 4.36. The Hall–Kier alpha value is -0.800. The first-order valence-electron chi connectivity index (χ1n) is 9.96. The Bertz CT molecular complexity index is 605. The fraction of sp³-hybridized carbons (Fsp3) is 0.750. The second-order valence-electron chi connectivity index (χ2n) is 7.60. The first kappa shape index (κ1) is 22.5. The van der Waals surface area contributed by atoms with Gasteiger partial charge in [-0.15, -0.1) is 24.0 Å². The van der Waals surface area contributed by atoms with Crippen LogP contribution in [-0.2, 0) is 11.3 Å². The fourth-order valence-corrected chi connectivity index (χ4v) is 4.36. The lowest BCUT2D eigenvalue weighted by Crippen LogP contribution is -2.60. The number of furan rings is 1. The zero-order valence-corrected chi connectivity index (χ0v) is 19.3. The van der Waals surface area contributed by atoms with Gasteiger partial charge in [-0.3, -0.25) is 9.89 Å². The molecule has 0 unspecified atom stereocenters. The number of guanidine groups is 1. The lowest BCUT2D eigenvalue weighted by atomic mass is 9.80. The van der Waals surface area contributed by atoms with Crippen molar-refractivity contribution in [3.8, 4) is 0 Å². The SMILES string of the molecule is CN=C(NCc1cc(C)oc1C)NCC1(N2CCOCC2)CCCCC1.I. The number of aryl methyl sites for hydroxylation is 2. The van der Waals surface area contributed by atoms with Crippen LogP contribution in [0, 0.1) is 13.8 Å². The molecule has 2 fully saturated rings. The molecule has 3 rings (SSSR count). The maximum Gasteiger partial charge on any atom is 0.191 e. The number of aliphatic imine (C=N–C) groups is 1. The molecule has 154 valence electrons. The highest BCUT2D eigenvalue weighted by atomic mass is 127. The molecule has 1 aromatic heterocycles. The molecular weight excluding hydrogens is 455 g/mol. The molecule has 27 heavy (non-hydrogen) atoms. The van der Waals surface area contributed by atoms with Crippen LogP contribution in [0.15, 0.2) is 15.5 Å². The van der Waals surface area contributed by atoms with Crippen LogP contribution in [0.1, 0.15) is 49.2 Å². The van der Waals surface area contributed by atoms with Crippen LogP contribution >= 0.6 is 24.0 Å². The number of halogens is 1. The molecule has 6 nitrogen and oxygen atoms in total. The minimum atomic E-state index is 0. The van der Waals surface area contributed by atoms with Gasteiger partial charge in [-0.05, 0) is 32.8 Å². The molecule has 0 amide bonds. The van der Waals surface area contributed by atoms with Crippen molar-refractivity contribution < 1.29 is 9.15 Å². The summed E-state index contributed by atoms with van der Waals surface area (Å²) < 4.78 is 11.2. The molecule has 0 spiro atoms. The van der Waals surface area contributed by atoms with E-state index in [4.69, 9.17) is 9.15 Å². The molecule has 0 aromatic carbocycles. The third kappa shape index (κ3) is 5.84. The van der Waals surface area contributed by atoms with Crippen LogP contribution in [0.3, 0.4) is 0 Å². The highest BCUT2D eigenvalue weighted by molar-refractivity contribution is 14.0. The van der Waals surface area contributed by atoms with Crippen LogP contribution in [0.5, 0.6) is 0 Å². The van der Waals surface area contributed by atoms with Gasteiger partial charge in [-0.25, -0.2) is 0 Å². The van der Waals surface area contributed by atoms with E-state index >= 15 is 0 Å². The molecule has 0 atom stereocenters. The molecule has 2 aliphatic rings. The van der Waals surface area contributed by atoms with Crippen molar-refractivity contribution in [1.29, 1.82) is 0 Å². The van der Waals surface area contributed by atoms with Crippen LogP contribution < -0.4 is 10.6 Å². The third-order valence-corrected chi connectivity index (χ3v) is 5.86. The molecule has 7 heteroatoms. The Kier molecular flexibility index (Phi) is 8.88. The maximum absolute atomic E-state index is 5.61. The summed E-state index contributed by atoms with van der Waals surface area (Å²) in [6, 6.07) is 2.09. The summed E-state index contributed by atoms with van der Waals surface area (Å²) in [5.41, 5.74) is 1.42. The van der Waals surface area contributed by atoms with E-state index in [0.717, 1.165) is 56.9 Å². The Labute approximate surface area is 180 Å². The van der Waals surface area contributed by atoms with E-state index in [0.29, 0.717) is 0 Å². The minimum Gasteiger partial charge on any atom is -0.466 e. The van der Waals surface area contributed by atoms with E-state index in [-0.39, 0.29) is 29.5 Å². The summed E-state index contributed by atoms with van der Waals surface area (Å²) in [5.74, 6) is 2.79. The molecule has 2 heterocycles. The van der Waals surface area contributed by atoms with E-state index < -0.39 is 0 Å². The van der Waals surface area contributed by atoms with Gasteiger partial charge in [0.15, 0.2) is 5.96 Å². The van der Waals surface area contributed by atoms with Gasteiger partial charge in [0.05, 0.1) is 13.2 Å². The molecule has 0 radical (unpaired) electrons. The van der Waals surface area contributed by atoms with Crippen LogP contribution in [-0.4, -0.2) is 56.3 Å². The molecule has 1 aliphatic heterocycles. The van der Waals surface area contributed by atoms with Gasteiger partial charge in [-0.1, -0.05) is 19.3 Å². The Balaban J connectivity index is 0.00000261. The van der Waals surface area contributed by atoms with E-state index in [1.54, 1.807) is 0 Å². The monoisotopic (exact) mass is 490 g/mol. The van der Waals surface area contributed by atoms with Gasteiger partial charge in [0.25, 0.3) is 0 Å². The molecule has 1 saturated carbocycles. The summed E-state index contributed by atoms with van der Waals surface area (Å²) in [6.07, 6.45) is 6.52. The highest BCUT2D eigenvalue weighted by Gasteiger charge is 2.38. The average Bonchev–Trinajstić information content (AvgIpc) is 3.00. The lowest BCUT2D eigenvalue weighted by molar-refractivity contribution is -0.0352. The summed E-state index contributed by atoms with van der Waals surface area (Å²) in [7, 11) is 1.84. The van der Waals surface area contributed by atoms with Crippen molar-refractivity contribution in [3.05, 3.63) is 23.2 Å². The molecule has 1 saturated heterocycles. The zero-order chi connectivity index (χ0) is 18.4. The molecule has 1 aliphatic carbocycles. The van der Waals surface area contributed by atoms with Crippen molar-refractivity contribution in [2.24, 2.45) is 4.99 Å². The molecule has 1 aromatic rings. The van der Waals surface area contributed by atoms with E-state index in [9.17, 15) is 0 Å². The number of morpholine rings is 1. The quantitative estimate of drug-likeness (QED) is 0.377. The molecule has 0 bridgehead atoms. The second kappa shape index (κ2) is 10.7. The topological polar surface area (TPSA) is 62.0 Å².